The smallest absolute Gasteiger partial charge is 0.263 e. The number of ether oxygens (including phenoxy) is 1. The molecule has 166 valence electrons. The molecule has 0 fully saturated rings. The zero-order valence-electron chi connectivity index (χ0n) is 18.2. The lowest BCUT2D eigenvalue weighted by Gasteiger charge is -2.16. The summed E-state index contributed by atoms with van der Waals surface area (Å²) in [5.41, 5.74) is 5.94. The molecule has 2 atom stereocenters. The van der Waals surface area contributed by atoms with Crippen LogP contribution in [0, 0.1) is 0 Å². The highest BCUT2D eigenvalue weighted by molar-refractivity contribution is 5.72. The molecule has 0 aliphatic carbocycles. The maximum Gasteiger partial charge on any atom is 0.263 e. The van der Waals surface area contributed by atoms with E-state index in [2.05, 4.69) is 15.8 Å². The summed E-state index contributed by atoms with van der Waals surface area (Å²) in [5.74, 6) is 0.521. The third kappa shape index (κ3) is 5.10. The van der Waals surface area contributed by atoms with E-state index in [0.717, 1.165) is 11.1 Å². The van der Waals surface area contributed by atoms with Crippen LogP contribution in [-0.2, 0) is 4.74 Å². The number of aliphatic hydroxyl groups is 2. The number of hydrogen-bond donors (Lipinski definition) is 2. The van der Waals surface area contributed by atoms with E-state index in [9.17, 15) is 10.2 Å². The number of aromatic nitrogens is 3. The number of aliphatic hydroxyl groups excluding tert-OH is 2. The average Bonchev–Trinajstić information content (AvgIpc) is 3.37. The van der Waals surface area contributed by atoms with E-state index in [-0.39, 0.29) is 5.88 Å². The number of rotatable bonds is 8. The van der Waals surface area contributed by atoms with Crippen LogP contribution in [0.15, 0.2) is 103 Å². The summed E-state index contributed by atoms with van der Waals surface area (Å²) in [7, 11) is 0. The van der Waals surface area contributed by atoms with Gasteiger partial charge in [0.25, 0.3) is 5.88 Å². The Hall–Kier alpha value is -3.96. The third-order valence-electron chi connectivity index (χ3n) is 5.12. The SMILES string of the molecule is CCOC(=C=C(c1ccccc1)C(O)c1ccccc1)n1ncnc1C(O)c1ccccc1. The first-order valence-corrected chi connectivity index (χ1v) is 10.7. The lowest BCUT2D eigenvalue weighted by atomic mass is 9.96. The van der Waals surface area contributed by atoms with Crippen molar-refractivity contribution in [2.24, 2.45) is 0 Å². The van der Waals surface area contributed by atoms with Crippen molar-refractivity contribution in [2.45, 2.75) is 19.1 Å². The Morgan fingerprint density at radius 1 is 0.879 bits per heavy atom. The largest absolute Gasteiger partial charge is 0.472 e. The van der Waals surface area contributed by atoms with Gasteiger partial charge in [-0.3, -0.25) is 0 Å². The monoisotopic (exact) mass is 439 g/mol. The van der Waals surface area contributed by atoms with Gasteiger partial charge in [-0.05, 0) is 29.3 Å². The van der Waals surface area contributed by atoms with Crippen molar-refractivity contribution in [3.63, 3.8) is 0 Å². The van der Waals surface area contributed by atoms with Gasteiger partial charge in [-0.1, -0.05) is 91.0 Å². The van der Waals surface area contributed by atoms with Crippen molar-refractivity contribution in [3.8, 4) is 0 Å². The lowest BCUT2D eigenvalue weighted by molar-refractivity contribution is 0.200. The molecule has 0 saturated carbocycles. The summed E-state index contributed by atoms with van der Waals surface area (Å²) < 4.78 is 7.29. The molecule has 4 aromatic rings. The topological polar surface area (TPSA) is 80.4 Å². The van der Waals surface area contributed by atoms with Crippen LogP contribution in [0.2, 0.25) is 0 Å². The zero-order valence-corrected chi connectivity index (χ0v) is 18.2. The maximum atomic E-state index is 11.2. The van der Waals surface area contributed by atoms with Gasteiger partial charge in [0.15, 0.2) is 5.82 Å². The maximum absolute atomic E-state index is 11.2. The van der Waals surface area contributed by atoms with Crippen molar-refractivity contribution in [1.29, 1.82) is 0 Å². The van der Waals surface area contributed by atoms with E-state index in [4.69, 9.17) is 4.74 Å². The van der Waals surface area contributed by atoms with Crippen LogP contribution in [0.5, 0.6) is 0 Å². The second kappa shape index (κ2) is 10.6. The predicted molar refractivity (Wildman–Crippen MR) is 127 cm³/mol. The molecular weight excluding hydrogens is 414 g/mol. The number of hydrogen-bond acceptors (Lipinski definition) is 5. The Morgan fingerprint density at radius 3 is 2.06 bits per heavy atom. The van der Waals surface area contributed by atoms with Crippen LogP contribution in [0.1, 0.15) is 41.6 Å². The minimum absolute atomic E-state index is 0.230. The molecule has 0 aliphatic rings. The summed E-state index contributed by atoms with van der Waals surface area (Å²) in [6.07, 6.45) is -0.599. The number of nitrogens with zero attached hydrogens (tertiary/aromatic N) is 3. The lowest BCUT2D eigenvalue weighted by Crippen LogP contribution is -2.13. The molecule has 0 spiro atoms. The first kappa shape index (κ1) is 22.2. The van der Waals surface area contributed by atoms with Crippen molar-refractivity contribution >= 4 is 11.5 Å². The molecule has 0 bridgehead atoms. The molecule has 33 heavy (non-hydrogen) atoms. The van der Waals surface area contributed by atoms with Gasteiger partial charge in [-0.2, -0.15) is 9.78 Å². The highest BCUT2D eigenvalue weighted by Crippen LogP contribution is 2.30. The van der Waals surface area contributed by atoms with Crippen LogP contribution in [-0.4, -0.2) is 31.6 Å². The molecule has 0 amide bonds. The summed E-state index contributed by atoms with van der Waals surface area (Å²) in [5, 5.41) is 26.5. The first-order chi connectivity index (χ1) is 16.2. The van der Waals surface area contributed by atoms with E-state index in [1.807, 2.05) is 97.9 Å². The summed E-state index contributed by atoms with van der Waals surface area (Å²) in [6, 6.07) is 28.1. The highest BCUT2D eigenvalue weighted by Gasteiger charge is 2.21. The zero-order chi connectivity index (χ0) is 23.0. The van der Waals surface area contributed by atoms with Gasteiger partial charge in [-0.15, -0.1) is 0 Å². The number of benzene rings is 3. The van der Waals surface area contributed by atoms with E-state index >= 15 is 0 Å². The van der Waals surface area contributed by atoms with Gasteiger partial charge in [0, 0.05) is 5.57 Å². The Labute approximate surface area is 192 Å². The quantitative estimate of drug-likeness (QED) is 0.310. The Balaban J connectivity index is 1.88. The minimum Gasteiger partial charge on any atom is -0.472 e. The third-order valence-corrected chi connectivity index (χ3v) is 5.12. The van der Waals surface area contributed by atoms with Crippen molar-refractivity contribution in [2.75, 3.05) is 6.61 Å². The second-order valence-electron chi connectivity index (χ2n) is 7.30. The Bertz CT molecular complexity index is 1230. The van der Waals surface area contributed by atoms with E-state index in [1.54, 1.807) is 0 Å². The van der Waals surface area contributed by atoms with Crippen LogP contribution in [0.4, 0.5) is 0 Å². The van der Waals surface area contributed by atoms with Crippen LogP contribution in [0.3, 0.4) is 0 Å². The van der Waals surface area contributed by atoms with Gasteiger partial charge < -0.3 is 14.9 Å². The molecule has 0 radical (unpaired) electrons. The Morgan fingerprint density at radius 2 is 1.45 bits per heavy atom. The Kier molecular flexibility index (Phi) is 7.12. The van der Waals surface area contributed by atoms with Gasteiger partial charge >= 0.3 is 0 Å². The fraction of sp³-hybridized carbons (Fsp3) is 0.148. The molecule has 0 aliphatic heterocycles. The van der Waals surface area contributed by atoms with E-state index in [0.29, 0.717) is 23.6 Å². The fourth-order valence-electron chi connectivity index (χ4n) is 3.50. The standard InChI is InChI=1S/C27H25N3O3/c1-2-33-24(30-27(28-19-29-30)26(32)22-16-10-5-11-17-22)18-23(20-12-6-3-7-13-20)25(31)21-14-8-4-9-15-21/h3-17,19,25-26,31-32H,2H2,1H3. The summed E-state index contributed by atoms with van der Waals surface area (Å²) in [4.78, 5) is 4.27. The summed E-state index contributed by atoms with van der Waals surface area (Å²) in [6.45, 7) is 2.19. The fourth-order valence-corrected chi connectivity index (χ4v) is 3.50. The molecule has 1 aromatic heterocycles. The molecule has 3 aromatic carbocycles. The molecular formula is C27H25N3O3. The molecule has 2 unspecified atom stereocenters. The normalized spacial score (nSPS) is 12.5. The molecule has 1 heterocycles. The predicted octanol–water partition coefficient (Wildman–Crippen LogP) is 4.61. The van der Waals surface area contributed by atoms with Crippen LogP contribution >= 0.6 is 0 Å². The van der Waals surface area contributed by atoms with Gasteiger partial charge in [0.05, 0.1) is 6.61 Å². The van der Waals surface area contributed by atoms with E-state index < -0.39 is 12.2 Å². The average molecular weight is 440 g/mol. The molecule has 4 rings (SSSR count). The molecule has 6 nitrogen and oxygen atoms in total. The first-order valence-electron chi connectivity index (χ1n) is 10.7. The molecule has 2 N–H and O–H groups in total. The van der Waals surface area contributed by atoms with Crippen molar-refractivity contribution in [1.82, 2.24) is 14.8 Å². The van der Waals surface area contributed by atoms with E-state index in [1.165, 1.54) is 11.0 Å². The van der Waals surface area contributed by atoms with Crippen LogP contribution in [0.25, 0.3) is 11.5 Å². The van der Waals surface area contributed by atoms with Crippen molar-refractivity contribution in [3.05, 3.63) is 126 Å². The highest BCUT2D eigenvalue weighted by atomic mass is 16.5. The van der Waals surface area contributed by atoms with Gasteiger partial charge in [-0.25, -0.2) is 4.98 Å². The van der Waals surface area contributed by atoms with Gasteiger partial charge in [0.1, 0.15) is 18.5 Å². The second-order valence-corrected chi connectivity index (χ2v) is 7.30. The molecule has 6 heteroatoms. The van der Waals surface area contributed by atoms with Crippen LogP contribution < -0.4 is 0 Å². The van der Waals surface area contributed by atoms with Crippen molar-refractivity contribution < 1.29 is 14.9 Å². The molecule has 0 saturated heterocycles. The minimum atomic E-state index is -1.01. The van der Waals surface area contributed by atoms with Gasteiger partial charge in [0.2, 0.25) is 0 Å². The summed E-state index contributed by atoms with van der Waals surface area (Å²) >= 11 is 0.